The topological polar surface area (TPSA) is 39.2 Å². The maximum Gasteiger partial charge on any atom is 0.114 e. The summed E-state index contributed by atoms with van der Waals surface area (Å²) in [7, 11) is 0. The van der Waals surface area contributed by atoms with Gasteiger partial charge in [-0.25, -0.2) is 0 Å². The second-order valence-electron chi connectivity index (χ2n) is 4.21. The number of hydrogen-bond donors (Lipinski definition) is 1. The number of furan rings is 1. The third kappa shape index (κ3) is 2.76. The molecule has 0 aliphatic carbocycles. The molecule has 2 unspecified atom stereocenters. The number of nitrogens with two attached hydrogens (primary N) is 1. The van der Waals surface area contributed by atoms with E-state index < -0.39 is 0 Å². The molecule has 17 heavy (non-hydrogen) atoms. The van der Waals surface area contributed by atoms with Crippen LogP contribution in [-0.2, 0) is 0 Å². The van der Waals surface area contributed by atoms with Crippen LogP contribution in [0.3, 0.4) is 0 Å². The third-order valence-corrected chi connectivity index (χ3v) is 5.55. The van der Waals surface area contributed by atoms with E-state index in [9.17, 15) is 0 Å². The number of thioether (sulfide) groups is 1. The lowest BCUT2D eigenvalue weighted by Crippen LogP contribution is -2.22. The minimum absolute atomic E-state index is 0.117. The Morgan fingerprint density at radius 2 is 2.12 bits per heavy atom. The summed E-state index contributed by atoms with van der Waals surface area (Å²) in [5.74, 6) is 0.967. The number of hydrogen-bond acceptors (Lipinski definition) is 4. The van der Waals surface area contributed by atoms with E-state index in [-0.39, 0.29) is 6.04 Å². The molecule has 4 heteroatoms. The third-order valence-electron chi connectivity index (χ3n) is 2.70. The number of aryl methyl sites for hydroxylation is 2. The molecule has 0 bridgehead atoms. The van der Waals surface area contributed by atoms with Gasteiger partial charge in [0.1, 0.15) is 5.76 Å². The summed E-state index contributed by atoms with van der Waals surface area (Å²) >= 11 is 3.58. The summed E-state index contributed by atoms with van der Waals surface area (Å²) in [4.78, 5) is 2.55. The molecule has 0 aromatic carbocycles. The maximum absolute atomic E-state index is 6.12. The van der Waals surface area contributed by atoms with Crippen LogP contribution in [0.2, 0.25) is 0 Å². The highest BCUT2D eigenvalue weighted by Gasteiger charge is 2.22. The van der Waals surface area contributed by atoms with Crippen molar-refractivity contribution in [3.8, 4) is 0 Å². The first-order valence-electron chi connectivity index (χ1n) is 5.60. The molecule has 0 amide bonds. The Morgan fingerprint density at radius 1 is 1.35 bits per heavy atom. The molecule has 0 saturated carbocycles. The van der Waals surface area contributed by atoms with Gasteiger partial charge in [0, 0.05) is 15.8 Å². The second-order valence-corrected chi connectivity index (χ2v) is 6.34. The highest BCUT2D eigenvalue weighted by molar-refractivity contribution is 7.99. The summed E-state index contributed by atoms with van der Waals surface area (Å²) in [6.07, 6.45) is 1.73. The van der Waals surface area contributed by atoms with Crippen LogP contribution in [-0.4, -0.2) is 6.04 Å². The van der Waals surface area contributed by atoms with Gasteiger partial charge in [-0.3, -0.25) is 0 Å². The van der Waals surface area contributed by atoms with Gasteiger partial charge in [0.05, 0.1) is 11.5 Å². The first kappa shape index (κ1) is 12.7. The summed E-state index contributed by atoms with van der Waals surface area (Å²) in [5.41, 5.74) is 7.44. The highest BCUT2D eigenvalue weighted by Crippen LogP contribution is 2.42. The van der Waals surface area contributed by atoms with Crippen molar-refractivity contribution in [1.29, 1.82) is 0 Å². The molecule has 0 saturated heterocycles. The number of thiophene rings is 1. The molecule has 0 aliphatic heterocycles. The fraction of sp³-hybridized carbons (Fsp3) is 0.385. The van der Waals surface area contributed by atoms with Crippen LogP contribution in [0.15, 0.2) is 33.1 Å². The lowest BCUT2D eigenvalue weighted by molar-refractivity contribution is 0.526. The molecule has 0 radical (unpaired) electrons. The van der Waals surface area contributed by atoms with E-state index in [0.717, 1.165) is 5.76 Å². The Morgan fingerprint density at radius 3 is 2.59 bits per heavy atom. The predicted molar refractivity (Wildman–Crippen MR) is 74.7 cm³/mol. The molecular weight excluding hydrogens is 250 g/mol. The molecule has 0 spiro atoms. The van der Waals surface area contributed by atoms with Gasteiger partial charge in [0.15, 0.2) is 0 Å². The smallest absolute Gasteiger partial charge is 0.114 e. The maximum atomic E-state index is 6.12. The first-order valence-corrected chi connectivity index (χ1v) is 7.36. The average molecular weight is 267 g/mol. The van der Waals surface area contributed by atoms with Crippen molar-refractivity contribution in [2.24, 2.45) is 5.73 Å². The zero-order chi connectivity index (χ0) is 12.4. The lowest BCUT2D eigenvalue weighted by Gasteiger charge is -2.19. The monoisotopic (exact) mass is 267 g/mol. The Balaban J connectivity index is 2.25. The van der Waals surface area contributed by atoms with Gasteiger partial charge in [-0.15, -0.1) is 23.1 Å². The Kier molecular flexibility index (Phi) is 3.97. The van der Waals surface area contributed by atoms with Crippen molar-refractivity contribution in [3.63, 3.8) is 0 Å². The van der Waals surface area contributed by atoms with E-state index in [4.69, 9.17) is 10.2 Å². The van der Waals surface area contributed by atoms with Gasteiger partial charge < -0.3 is 10.2 Å². The number of rotatable bonds is 4. The minimum Gasteiger partial charge on any atom is -0.468 e. The van der Waals surface area contributed by atoms with Crippen LogP contribution in [0.1, 0.15) is 28.4 Å². The standard InChI is InChI=1S/C13H17NOS2/c1-8-5-7-16-12(8)13(9(2)14)17-11-4-6-15-10(11)3/h4-7,9,13H,14H2,1-3H3. The van der Waals surface area contributed by atoms with Crippen molar-refractivity contribution < 1.29 is 4.42 Å². The van der Waals surface area contributed by atoms with E-state index in [1.165, 1.54) is 15.3 Å². The molecule has 2 aromatic rings. The zero-order valence-corrected chi connectivity index (χ0v) is 11.9. The normalized spacial score (nSPS) is 14.8. The Hall–Kier alpha value is -0.710. The molecule has 2 aromatic heterocycles. The van der Waals surface area contributed by atoms with E-state index in [0.29, 0.717) is 5.25 Å². The molecule has 2 nitrogen and oxygen atoms in total. The van der Waals surface area contributed by atoms with Crippen LogP contribution in [0.25, 0.3) is 0 Å². The average Bonchev–Trinajstić information content (AvgIpc) is 2.84. The molecular formula is C13H17NOS2. The fourth-order valence-electron chi connectivity index (χ4n) is 1.71. The molecule has 2 heterocycles. The summed E-state index contributed by atoms with van der Waals surface area (Å²) in [5, 5.41) is 2.43. The second kappa shape index (κ2) is 5.29. The van der Waals surface area contributed by atoms with E-state index >= 15 is 0 Å². The summed E-state index contributed by atoms with van der Waals surface area (Å²) in [6, 6.07) is 4.28. The van der Waals surface area contributed by atoms with Crippen LogP contribution in [0, 0.1) is 13.8 Å². The molecule has 2 N–H and O–H groups in total. The zero-order valence-electron chi connectivity index (χ0n) is 10.3. The molecule has 92 valence electrons. The fourth-order valence-corrected chi connectivity index (χ4v) is 4.17. The predicted octanol–water partition coefficient (Wildman–Crippen LogP) is 4.14. The van der Waals surface area contributed by atoms with Gasteiger partial charge in [-0.05, 0) is 43.8 Å². The van der Waals surface area contributed by atoms with Crippen LogP contribution >= 0.6 is 23.1 Å². The van der Waals surface area contributed by atoms with Crippen LogP contribution in [0.5, 0.6) is 0 Å². The molecule has 2 rings (SSSR count). The Labute approximate surface area is 110 Å². The largest absolute Gasteiger partial charge is 0.468 e. The van der Waals surface area contributed by atoms with Crippen LogP contribution < -0.4 is 5.73 Å². The highest BCUT2D eigenvalue weighted by atomic mass is 32.2. The van der Waals surface area contributed by atoms with E-state index in [1.54, 1.807) is 29.4 Å². The molecule has 2 atom stereocenters. The lowest BCUT2D eigenvalue weighted by atomic mass is 10.1. The van der Waals surface area contributed by atoms with Gasteiger partial charge >= 0.3 is 0 Å². The van der Waals surface area contributed by atoms with Gasteiger partial charge in [-0.1, -0.05) is 0 Å². The van der Waals surface area contributed by atoms with Crippen molar-refractivity contribution >= 4 is 23.1 Å². The quantitative estimate of drug-likeness (QED) is 0.846. The van der Waals surface area contributed by atoms with Gasteiger partial charge in [-0.2, -0.15) is 0 Å². The van der Waals surface area contributed by atoms with Gasteiger partial charge in [0.2, 0.25) is 0 Å². The minimum atomic E-state index is 0.117. The summed E-state index contributed by atoms with van der Waals surface area (Å²) in [6.45, 7) is 6.19. The van der Waals surface area contributed by atoms with Gasteiger partial charge in [0.25, 0.3) is 0 Å². The van der Waals surface area contributed by atoms with Crippen molar-refractivity contribution in [2.75, 3.05) is 0 Å². The van der Waals surface area contributed by atoms with Crippen molar-refractivity contribution in [1.82, 2.24) is 0 Å². The van der Waals surface area contributed by atoms with E-state index in [2.05, 4.69) is 25.3 Å². The van der Waals surface area contributed by atoms with Crippen LogP contribution in [0.4, 0.5) is 0 Å². The first-order chi connectivity index (χ1) is 8.09. The Bertz CT molecular complexity index is 487. The van der Waals surface area contributed by atoms with Crippen molar-refractivity contribution in [3.05, 3.63) is 40.0 Å². The SMILES string of the molecule is Cc1ccsc1C(Sc1ccoc1C)C(C)N. The molecule has 0 fully saturated rings. The van der Waals surface area contributed by atoms with Crippen molar-refractivity contribution in [2.45, 2.75) is 37.0 Å². The van der Waals surface area contributed by atoms with E-state index in [1.807, 2.05) is 13.0 Å². The molecule has 0 aliphatic rings. The summed E-state index contributed by atoms with van der Waals surface area (Å²) < 4.78 is 5.33.